The number of hydrogen-bond acceptors (Lipinski definition) is 2. The van der Waals surface area contributed by atoms with Crippen molar-refractivity contribution in [1.29, 1.82) is 0 Å². The van der Waals surface area contributed by atoms with Crippen molar-refractivity contribution in [3.05, 3.63) is 48.0 Å². The van der Waals surface area contributed by atoms with Crippen molar-refractivity contribution in [3.8, 4) is 0 Å². The minimum absolute atomic E-state index is 0.334. The SMILES string of the molecule is FC(F)c1nc2n(n1)CCC2.c1ccccc1. The molecule has 0 fully saturated rings. The molecule has 1 aromatic carbocycles. The molecular weight excluding hydrogens is 224 g/mol. The zero-order valence-electron chi connectivity index (χ0n) is 9.26. The fraction of sp³-hybridized carbons (Fsp3) is 0.333. The van der Waals surface area contributed by atoms with Crippen LogP contribution in [0.25, 0.3) is 0 Å². The van der Waals surface area contributed by atoms with Crippen molar-refractivity contribution in [3.63, 3.8) is 0 Å². The van der Waals surface area contributed by atoms with Gasteiger partial charge in [0.1, 0.15) is 5.82 Å². The minimum Gasteiger partial charge on any atom is -0.250 e. The Morgan fingerprint density at radius 2 is 1.65 bits per heavy atom. The Hall–Kier alpha value is -1.78. The lowest BCUT2D eigenvalue weighted by molar-refractivity contribution is 0.139. The van der Waals surface area contributed by atoms with Crippen LogP contribution in [0.4, 0.5) is 8.78 Å². The molecule has 0 aliphatic carbocycles. The van der Waals surface area contributed by atoms with Crippen molar-refractivity contribution < 1.29 is 8.78 Å². The van der Waals surface area contributed by atoms with E-state index in [0.717, 1.165) is 19.4 Å². The predicted octanol–water partition coefficient (Wildman–Crippen LogP) is 2.85. The maximum atomic E-state index is 12.0. The van der Waals surface area contributed by atoms with Crippen LogP contribution in [0, 0.1) is 0 Å². The Morgan fingerprint density at radius 1 is 1.06 bits per heavy atom. The minimum atomic E-state index is -2.53. The highest BCUT2D eigenvalue weighted by atomic mass is 19.3. The first-order valence-electron chi connectivity index (χ1n) is 5.49. The van der Waals surface area contributed by atoms with Crippen molar-refractivity contribution in [2.45, 2.75) is 25.8 Å². The maximum absolute atomic E-state index is 12.0. The normalized spacial score (nSPS) is 13.1. The van der Waals surface area contributed by atoms with E-state index in [0.29, 0.717) is 5.82 Å². The van der Waals surface area contributed by atoms with Crippen LogP contribution in [-0.2, 0) is 13.0 Å². The van der Waals surface area contributed by atoms with Crippen LogP contribution < -0.4 is 0 Å². The molecule has 0 amide bonds. The fourth-order valence-corrected chi connectivity index (χ4v) is 1.62. The van der Waals surface area contributed by atoms with Crippen LogP contribution in [0.3, 0.4) is 0 Å². The van der Waals surface area contributed by atoms with Crippen LogP contribution in [0.15, 0.2) is 36.4 Å². The molecule has 0 unspecified atom stereocenters. The molecule has 2 heterocycles. The summed E-state index contributed by atoms with van der Waals surface area (Å²) in [7, 11) is 0. The summed E-state index contributed by atoms with van der Waals surface area (Å²) < 4.78 is 25.5. The first-order valence-corrected chi connectivity index (χ1v) is 5.49. The van der Waals surface area contributed by atoms with Gasteiger partial charge in [-0.2, -0.15) is 0 Å². The Labute approximate surface area is 98.1 Å². The molecular formula is C12H13F2N3. The molecule has 0 radical (unpaired) electrons. The van der Waals surface area contributed by atoms with Gasteiger partial charge in [0.2, 0.25) is 5.82 Å². The third-order valence-electron chi connectivity index (χ3n) is 2.40. The number of fused-ring (bicyclic) bond motifs is 1. The molecule has 1 aliphatic rings. The van der Waals surface area contributed by atoms with Crippen molar-refractivity contribution in [2.75, 3.05) is 0 Å². The molecule has 3 rings (SSSR count). The van der Waals surface area contributed by atoms with Gasteiger partial charge in [-0.15, -0.1) is 5.10 Å². The van der Waals surface area contributed by atoms with Crippen molar-refractivity contribution >= 4 is 0 Å². The first-order chi connectivity index (χ1) is 8.27. The first kappa shape index (κ1) is 11.7. The number of aromatic nitrogens is 3. The molecule has 1 aliphatic heterocycles. The summed E-state index contributed by atoms with van der Waals surface area (Å²) in [6.45, 7) is 0.731. The summed E-state index contributed by atoms with van der Waals surface area (Å²) in [5.41, 5.74) is 0. The lowest BCUT2D eigenvalue weighted by Gasteiger charge is -1.89. The fourth-order valence-electron chi connectivity index (χ4n) is 1.62. The van der Waals surface area contributed by atoms with Gasteiger partial charge in [0, 0.05) is 13.0 Å². The number of benzene rings is 1. The summed E-state index contributed by atoms with van der Waals surface area (Å²) in [6, 6.07) is 12.0. The molecule has 0 spiro atoms. The van der Waals surface area contributed by atoms with Gasteiger partial charge in [0.25, 0.3) is 6.43 Å². The molecule has 0 saturated carbocycles. The van der Waals surface area contributed by atoms with E-state index in [9.17, 15) is 8.78 Å². The monoisotopic (exact) mass is 237 g/mol. The van der Waals surface area contributed by atoms with Gasteiger partial charge in [-0.25, -0.2) is 18.4 Å². The average molecular weight is 237 g/mol. The second-order valence-corrected chi connectivity index (χ2v) is 3.67. The Kier molecular flexibility index (Phi) is 3.80. The second kappa shape index (κ2) is 5.52. The molecule has 5 heteroatoms. The maximum Gasteiger partial charge on any atom is 0.299 e. The average Bonchev–Trinajstić information content (AvgIpc) is 2.92. The van der Waals surface area contributed by atoms with Crippen LogP contribution >= 0.6 is 0 Å². The largest absolute Gasteiger partial charge is 0.299 e. The Bertz CT molecular complexity index is 406. The molecule has 0 saturated heterocycles. The summed E-state index contributed by atoms with van der Waals surface area (Å²) in [4.78, 5) is 3.69. The van der Waals surface area contributed by atoms with Crippen LogP contribution in [0.2, 0.25) is 0 Å². The highest BCUT2D eigenvalue weighted by Crippen LogP contribution is 2.18. The summed E-state index contributed by atoms with van der Waals surface area (Å²) in [6.07, 6.45) is -0.786. The van der Waals surface area contributed by atoms with E-state index in [1.54, 1.807) is 4.68 Å². The van der Waals surface area contributed by atoms with Gasteiger partial charge in [0.15, 0.2) is 0 Å². The topological polar surface area (TPSA) is 30.7 Å². The lowest BCUT2D eigenvalue weighted by atomic mass is 10.4. The molecule has 17 heavy (non-hydrogen) atoms. The van der Waals surface area contributed by atoms with E-state index < -0.39 is 6.43 Å². The molecule has 0 N–H and O–H groups in total. The predicted molar refractivity (Wildman–Crippen MR) is 59.7 cm³/mol. The zero-order chi connectivity index (χ0) is 12.1. The van der Waals surface area contributed by atoms with E-state index in [4.69, 9.17) is 0 Å². The van der Waals surface area contributed by atoms with Gasteiger partial charge in [-0.1, -0.05) is 36.4 Å². The highest BCUT2D eigenvalue weighted by molar-refractivity contribution is 4.99. The Morgan fingerprint density at radius 3 is 2.12 bits per heavy atom. The summed E-state index contributed by atoms with van der Waals surface area (Å²) in [5.74, 6) is 0.361. The third-order valence-corrected chi connectivity index (χ3v) is 2.40. The number of alkyl halides is 2. The van der Waals surface area contributed by atoms with E-state index in [-0.39, 0.29) is 5.82 Å². The number of hydrogen-bond donors (Lipinski definition) is 0. The second-order valence-electron chi connectivity index (χ2n) is 3.67. The highest BCUT2D eigenvalue weighted by Gasteiger charge is 2.20. The van der Waals surface area contributed by atoms with E-state index >= 15 is 0 Å². The van der Waals surface area contributed by atoms with Gasteiger partial charge in [-0.3, -0.25) is 0 Å². The lowest BCUT2D eigenvalue weighted by Crippen LogP contribution is -1.95. The molecule has 0 bridgehead atoms. The molecule has 1 aromatic heterocycles. The van der Waals surface area contributed by atoms with Gasteiger partial charge in [0.05, 0.1) is 0 Å². The molecule has 3 nitrogen and oxygen atoms in total. The van der Waals surface area contributed by atoms with Crippen LogP contribution in [0.5, 0.6) is 0 Å². The van der Waals surface area contributed by atoms with Gasteiger partial charge in [-0.05, 0) is 6.42 Å². The number of rotatable bonds is 1. The van der Waals surface area contributed by atoms with Crippen molar-refractivity contribution in [1.82, 2.24) is 14.8 Å². The quantitative estimate of drug-likeness (QED) is 0.763. The number of aryl methyl sites for hydroxylation is 2. The smallest absolute Gasteiger partial charge is 0.250 e. The molecule has 0 atom stereocenters. The van der Waals surface area contributed by atoms with E-state index in [2.05, 4.69) is 10.1 Å². The van der Waals surface area contributed by atoms with E-state index in [1.807, 2.05) is 36.4 Å². The van der Waals surface area contributed by atoms with Crippen LogP contribution in [0.1, 0.15) is 24.5 Å². The van der Waals surface area contributed by atoms with Gasteiger partial charge < -0.3 is 0 Å². The number of nitrogens with zero attached hydrogens (tertiary/aromatic N) is 3. The zero-order valence-corrected chi connectivity index (χ0v) is 9.26. The number of halogens is 2. The van der Waals surface area contributed by atoms with Gasteiger partial charge >= 0.3 is 0 Å². The summed E-state index contributed by atoms with van der Waals surface area (Å²) in [5, 5.41) is 3.65. The van der Waals surface area contributed by atoms with Crippen LogP contribution in [-0.4, -0.2) is 14.8 Å². The standard InChI is InChI=1S/C6H7F2N3.C6H6/c7-5(8)6-9-4-2-1-3-11(4)10-6;1-2-4-6-5-3-1/h5H,1-3H2;1-6H. The van der Waals surface area contributed by atoms with E-state index in [1.165, 1.54) is 0 Å². The molecule has 2 aromatic rings. The Balaban J connectivity index is 0.000000153. The van der Waals surface area contributed by atoms with Crippen molar-refractivity contribution in [2.24, 2.45) is 0 Å². The molecule has 90 valence electrons. The summed E-state index contributed by atoms with van der Waals surface area (Å²) >= 11 is 0. The third kappa shape index (κ3) is 3.09.